The molecular formula is C20H22ClFN4O2. The molecule has 1 unspecified atom stereocenters. The van der Waals surface area contributed by atoms with Gasteiger partial charge in [0.15, 0.2) is 11.6 Å². The number of hydrogen-bond donors (Lipinski definition) is 3. The molecule has 0 aliphatic carbocycles. The zero-order valence-electron chi connectivity index (χ0n) is 15.5. The van der Waals surface area contributed by atoms with Crippen LogP contribution in [-0.4, -0.2) is 38.7 Å². The third-order valence-corrected chi connectivity index (χ3v) is 5.58. The highest BCUT2D eigenvalue weighted by Gasteiger charge is 2.33. The highest BCUT2D eigenvalue weighted by atomic mass is 35.5. The molecule has 0 saturated carbocycles. The van der Waals surface area contributed by atoms with Gasteiger partial charge < -0.3 is 15.0 Å². The van der Waals surface area contributed by atoms with E-state index in [0.29, 0.717) is 29.6 Å². The van der Waals surface area contributed by atoms with Gasteiger partial charge in [0, 0.05) is 48.0 Å². The van der Waals surface area contributed by atoms with E-state index in [9.17, 15) is 9.18 Å². The molecule has 2 aliphatic heterocycles. The number of halogens is 2. The van der Waals surface area contributed by atoms with Crippen molar-refractivity contribution in [3.63, 3.8) is 0 Å². The highest BCUT2D eigenvalue weighted by molar-refractivity contribution is 6.31. The standard InChI is InChI=1S/C20H22ClFN4O2/c1-28-19-5-2-13(8-17(19)22)25-18-6-7-26(20(18)27)14-3-4-15(16(21)9-14)12-10-23-24-11-12/h2-5,8-9,12,18,23-25H,6-7,10-11H2,1H3. The predicted molar refractivity (Wildman–Crippen MR) is 108 cm³/mol. The Kier molecular flexibility index (Phi) is 5.39. The fraction of sp³-hybridized carbons (Fsp3) is 0.350. The van der Waals surface area contributed by atoms with Crippen LogP contribution >= 0.6 is 11.6 Å². The van der Waals surface area contributed by atoms with Crippen LogP contribution in [0.5, 0.6) is 5.75 Å². The molecule has 4 rings (SSSR count). The second-order valence-electron chi connectivity index (χ2n) is 6.99. The molecular weight excluding hydrogens is 383 g/mol. The van der Waals surface area contributed by atoms with Crippen molar-refractivity contribution in [1.29, 1.82) is 0 Å². The normalized spacial score (nSPS) is 20.0. The van der Waals surface area contributed by atoms with E-state index in [1.807, 2.05) is 18.2 Å². The lowest BCUT2D eigenvalue weighted by atomic mass is 10.00. The summed E-state index contributed by atoms with van der Waals surface area (Å²) < 4.78 is 18.8. The highest BCUT2D eigenvalue weighted by Crippen LogP contribution is 2.32. The summed E-state index contributed by atoms with van der Waals surface area (Å²) in [7, 11) is 1.42. The van der Waals surface area contributed by atoms with Gasteiger partial charge in [0.1, 0.15) is 6.04 Å². The Hall–Kier alpha value is -2.35. The number of nitrogens with one attached hydrogen (secondary N) is 3. The van der Waals surface area contributed by atoms with Gasteiger partial charge in [-0.15, -0.1) is 0 Å². The topological polar surface area (TPSA) is 65.6 Å². The number of ether oxygens (including phenoxy) is 1. The maximum Gasteiger partial charge on any atom is 0.249 e. The Labute approximate surface area is 168 Å². The molecule has 1 amide bonds. The molecule has 0 aromatic heterocycles. The summed E-state index contributed by atoms with van der Waals surface area (Å²) in [5.74, 6) is -0.0279. The lowest BCUT2D eigenvalue weighted by Crippen LogP contribution is -2.33. The molecule has 2 fully saturated rings. The summed E-state index contributed by atoms with van der Waals surface area (Å²) in [5.41, 5.74) is 8.59. The molecule has 8 heteroatoms. The molecule has 2 aromatic rings. The van der Waals surface area contributed by atoms with E-state index >= 15 is 0 Å². The lowest BCUT2D eigenvalue weighted by molar-refractivity contribution is -0.117. The second-order valence-corrected chi connectivity index (χ2v) is 7.40. The van der Waals surface area contributed by atoms with E-state index in [0.717, 1.165) is 24.3 Å². The van der Waals surface area contributed by atoms with Gasteiger partial charge in [0.05, 0.1) is 7.11 Å². The van der Waals surface area contributed by atoms with Crippen molar-refractivity contribution < 1.29 is 13.9 Å². The van der Waals surface area contributed by atoms with Gasteiger partial charge in [-0.05, 0) is 36.2 Å². The first-order valence-electron chi connectivity index (χ1n) is 9.23. The number of hydrazine groups is 1. The van der Waals surface area contributed by atoms with Crippen LogP contribution in [0.2, 0.25) is 5.02 Å². The van der Waals surface area contributed by atoms with Gasteiger partial charge in [-0.25, -0.2) is 4.39 Å². The summed E-state index contributed by atoms with van der Waals surface area (Å²) in [4.78, 5) is 14.6. The number of rotatable bonds is 5. The molecule has 1 atom stereocenters. The molecule has 2 aromatic carbocycles. The SMILES string of the molecule is COc1ccc(NC2CCN(c3ccc(C4CNNC4)c(Cl)c3)C2=O)cc1F. The minimum Gasteiger partial charge on any atom is -0.494 e. The van der Waals surface area contributed by atoms with Gasteiger partial charge in [-0.3, -0.25) is 15.6 Å². The van der Waals surface area contributed by atoms with Crippen LogP contribution in [0.3, 0.4) is 0 Å². The Morgan fingerprint density at radius 1 is 1.21 bits per heavy atom. The van der Waals surface area contributed by atoms with Crippen LogP contribution < -0.4 is 25.8 Å². The molecule has 148 valence electrons. The molecule has 28 heavy (non-hydrogen) atoms. The zero-order valence-corrected chi connectivity index (χ0v) is 16.2. The summed E-state index contributed by atoms with van der Waals surface area (Å²) in [6.45, 7) is 2.23. The zero-order chi connectivity index (χ0) is 19.7. The molecule has 2 saturated heterocycles. The van der Waals surface area contributed by atoms with Gasteiger partial charge in [-0.2, -0.15) is 0 Å². The molecule has 6 nitrogen and oxygen atoms in total. The van der Waals surface area contributed by atoms with Crippen molar-refractivity contribution in [1.82, 2.24) is 10.9 Å². The van der Waals surface area contributed by atoms with Crippen molar-refractivity contribution in [2.75, 3.05) is 37.0 Å². The van der Waals surface area contributed by atoms with Gasteiger partial charge in [0.25, 0.3) is 0 Å². The van der Waals surface area contributed by atoms with Crippen molar-refractivity contribution >= 4 is 28.9 Å². The predicted octanol–water partition coefficient (Wildman–Crippen LogP) is 2.90. The third-order valence-electron chi connectivity index (χ3n) is 5.26. The minimum absolute atomic E-state index is 0.0516. The number of benzene rings is 2. The summed E-state index contributed by atoms with van der Waals surface area (Å²) >= 11 is 6.49. The maximum atomic E-state index is 13.9. The van der Waals surface area contributed by atoms with Crippen LogP contribution in [0.25, 0.3) is 0 Å². The fourth-order valence-corrected chi connectivity index (χ4v) is 4.05. The van der Waals surface area contributed by atoms with E-state index in [1.165, 1.54) is 13.2 Å². The van der Waals surface area contributed by atoms with E-state index in [-0.39, 0.29) is 11.7 Å². The van der Waals surface area contributed by atoms with Crippen LogP contribution in [0, 0.1) is 5.82 Å². The van der Waals surface area contributed by atoms with Crippen LogP contribution in [-0.2, 0) is 4.79 Å². The largest absolute Gasteiger partial charge is 0.494 e. The van der Waals surface area contributed by atoms with Crippen LogP contribution in [0.4, 0.5) is 15.8 Å². The van der Waals surface area contributed by atoms with E-state index < -0.39 is 11.9 Å². The number of carbonyl (C=O) groups excluding carboxylic acids is 1. The Morgan fingerprint density at radius 2 is 2.00 bits per heavy atom. The molecule has 3 N–H and O–H groups in total. The van der Waals surface area contributed by atoms with E-state index in [4.69, 9.17) is 16.3 Å². The lowest BCUT2D eigenvalue weighted by Gasteiger charge is -2.20. The number of anilines is 2. The summed E-state index contributed by atoms with van der Waals surface area (Å²) in [5, 5.41) is 3.78. The van der Waals surface area contributed by atoms with Crippen LogP contribution in [0.1, 0.15) is 17.9 Å². The van der Waals surface area contributed by atoms with E-state index in [2.05, 4.69) is 16.2 Å². The van der Waals surface area contributed by atoms with Crippen LogP contribution in [0.15, 0.2) is 36.4 Å². The number of hydrogen-bond acceptors (Lipinski definition) is 5. The second kappa shape index (κ2) is 7.95. The number of nitrogens with zero attached hydrogens (tertiary/aromatic N) is 1. The molecule has 0 radical (unpaired) electrons. The van der Waals surface area contributed by atoms with Gasteiger partial charge in [-0.1, -0.05) is 17.7 Å². The van der Waals surface area contributed by atoms with Crippen molar-refractivity contribution in [3.8, 4) is 5.75 Å². The summed E-state index contributed by atoms with van der Waals surface area (Å²) in [6.07, 6.45) is 0.627. The quantitative estimate of drug-likeness (QED) is 0.715. The Bertz CT molecular complexity index is 889. The van der Waals surface area contributed by atoms with Gasteiger partial charge >= 0.3 is 0 Å². The van der Waals surface area contributed by atoms with E-state index in [1.54, 1.807) is 17.0 Å². The fourth-order valence-electron chi connectivity index (χ4n) is 3.73. The van der Waals surface area contributed by atoms with Crippen molar-refractivity contribution in [2.45, 2.75) is 18.4 Å². The number of amides is 1. The first-order valence-corrected chi connectivity index (χ1v) is 9.61. The number of methoxy groups -OCH3 is 1. The number of carbonyl (C=O) groups is 1. The average molecular weight is 405 g/mol. The molecule has 2 aliphatic rings. The first-order chi connectivity index (χ1) is 13.6. The van der Waals surface area contributed by atoms with Crippen molar-refractivity contribution in [3.05, 3.63) is 52.8 Å². The third kappa shape index (κ3) is 3.65. The van der Waals surface area contributed by atoms with Gasteiger partial charge in [0.2, 0.25) is 5.91 Å². The monoisotopic (exact) mass is 404 g/mol. The van der Waals surface area contributed by atoms with Crippen molar-refractivity contribution in [2.24, 2.45) is 0 Å². The minimum atomic E-state index is -0.465. The summed E-state index contributed by atoms with van der Waals surface area (Å²) in [6, 6.07) is 9.95. The maximum absolute atomic E-state index is 13.9. The Morgan fingerprint density at radius 3 is 2.68 bits per heavy atom. The molecule has 0 bridgehead atoms. The Balaban J connectivity index is 1.46. The molecule has 0 spiro atoms. The smallest absolute Gasteiger partial charge is 0.249 e. The average Bonchev–Trinajstić information content (AvgIpc) is 3.33. The first kappa shape index (κ1) is 19.0. The molecule has 2 heterocycles.